The second-order valence-electron chi connectivity index (χ2n) is 7.70. The van der Waals surface area contributed by atoms with Gasteiger partial charge in [0.2, 0.25) is 0 Å². The van der Waals surface area contributed by atoms with Gasteiger partial charge >= 0.3 is 5.97 Å². The Morgan fingerprint density at radius 1 is 1.19 bits per heavy atom. The lowest BCUT2D eigenvalue weighted by molar-refractivity contribution is 0.0600. The van der Waals surface area contributed by atoms with Crippen LogP contribution in [-0.2, 0) is 24.2 Å². The summed E-state index contributed by atoms with van der Waals surface area (Å²) in [7, 11) is 1.42. The third-order valence-electron chi connectivity index (χ3n) is 5.76. The van der Waals surface area contributed by atoms with Crippen molar-refractivity contribution in [3.63, 3.8) is 0 Å². The van der Waals surface area contributed by atoms with Gasteiger partial charge in [-0.25, -0.2) is 4.79 Å². The molecule has 27 heavy (non-hydrogen) atoms. The lowest BCUT2D eigenvalue weighted by Gasteiger charge is -2.32. The molecule has 0 N–H and O–H groups in total. The van der Waals surface area contributed by atoms with Gasteiger partial charge in [0.05, 0.1) is 12.7 Å². The van der Waals surface area contributed by atoms with E-state index in [4.69, 9.17) is 4.74 Å². The first-order valence-electron chi connectivity index (χ1n) is 10.1. The fourth-order valence-corrected chi connectivity index (χ4v) is 4.39. The van der Waals surface area contributed by atoms with Crippen LogP contribution >= 0.6 is 0 Å². The van der Waals surface area contributed by atoms with E-state index in [1.807, 2.05) is 12.1 Å². The van der Waals surface area contributed by atoms with Crippen molar-refractivity contribution in [3.05, 3.63) is 47.0 Å². The highest BCUT2D eigenvalue weighted by molar-refractivity contribution is 5.89. The molecule has 4 rings (SSSR count). The normalized spacial score (nSPS) is 20.7. The number of benzene rings is 1. The van der Waals surface area contributed by atoms with E-state index in [0.29, 0.717) is 11.5 Å². The molecule has 1 aromatic heterocycles. The fourth-order valence-electron chi connectivity index (χ4n) is 4.39. The van der Waals surface area contributed by atoms with Crippen LogP contribution in [0.4, 0.5) is 0 Å². The number of carbonyl (C=O) groups is 1. The van der Waals surface area contributed by atoms with Gasteiger partial charge in [0.25, 0.3) is 0 Å². The smallest absolute Gasteiger partial charge is 0.337 e. The maximum Gasteiger partial charge on any atom is 0.337 e. The molecule has 0 saturated carbocycles. The van der Waals surface area contributed by atoms with Gasteiger partial charge in [-0.15, -0.1) is 10.2 Å². The van der Waals surface area contributed by atoms with E-state index < -0.39 is 0 Å². The van der Waals surface area contributed by atoms with Crippen LogP contribution in [0.15, 0.2) is 24.3 Å². The second kappa shape index (κ2) is 8.21. The van der Waals surface area contributed by atoms with E-state index in [1.54, 1.807) is 6.07 Å². The number of hydrogen-bond donors (Lipinski definition) is 0. The zero-order chi connectivity index (χ0) is 18.6. The van der Waals surface area contributed by atoms with Crippen LogP contribution in [0.1, 0.15) is 65.6 Å². The van der Waals surface area contributed by atoms with Crippen LogP contribution in [-0.4, -0.2) is 45.8 Å². The summed E-state index contributed by atoms with van der Waals surface area (Å²) in [5.41, 5.74) is 1.77. The van der Waals surface area contributed by atoms with Crippen molar-refractivity contribution in [1.82, 2.24) is 19.7 Å². The fraction of sp³-hybridized carbons (Fsp3) is 0.571. The highest BCUT2D eigenvalue weighted by Crippen LogP contribution is 2.28. The van der Waals surface area contributed by atoms with E-state index in [2.05, 4.69) is 25.7 Å². The Bertz CT molecular complexity index is 801. The highest BCUT2D eigenvalue weighted by Gasteiger charge is 2.27. The second-order valence-corrected chi connectivity index (χ2v) is 7.70. The minimum Gasteiger partial charge on any atom is -0.465 e. The standard InChI is InChI=1S/C21H28N4O2/c1-27-21(26)17-8-5-7-16(13-17)14-24-11-6-9-18(15-24)20-23-22-19-10-3-2-4-12-25(19)20/h5,7-8,13,18H,2-4,6,9-12,14-15H2,1H3. The number of likely N-dealkylation sites (tertiary alicyclic amines) is 1. The van der Waals surface area contributed by atoms with E-state index in [1.165, 1.54) is 50.9 Å². The number of aromatic nitrogens is 3. The van der Waals surface area contributed by atoms with Crippen LogP contribution in [0.5, 0.6) is 0 Å². The summed E-state index contributed by atoms with van der Waals surface area (Å²) in [4.78, 5) is 14.3. The maximum atomic E-state index is 11.8. The first kappa shape index (κ1) is 18.2. The number of carbonyl (C=O) groups excluding carboxylic acids is 1. The topological polar surface area (TPSA) is 60.2 Å². The van der Waals surface area contributed by atoms with Gasteiger partial charge in [-0.2, -0.15) is 0 Å². The minimum atomic E-state index is -0.278. The van der Waals surface area contributed by atoms with Crippen molar-refractivity contribution in [3.8, 4) is 0 Å². The molecule has 0 spiro atoms. The molecule has 1 saturated heterocycles. The predicted octanol–water partition coefficient (Wildman–Crippen LogP) is 3.17. The van der Waals surface area contributed by atoms with E-state index in [0.717, 1.165) is 38.2 Å². The Morgan fingerprint density at radius 3 is 3.00 bits per heavy atom. The molecule has 0 radical (unpaired) electrons. The molecule has 1 atom stereocenters. The summed E-state index contributed by atoms with van der Waals surface area (Å²) in [5.74, 6) is 2.52. The Kier molecular flexibility index (Phi) is 5.53. The molecule has 0 aliphatic carbocycles. The average molecular weight is 368 g/mol. The number of aryl methyl sites for hydroxylation is 1. The largest absolute Gasteiger partial charge is 0.465 e. The maximum absolute atomic E-state index is 11.8. The van der Waals surface area contributed by atoms with Crippen molar-refractivity contribution in [1.29, 1.82) is 0 Å². The molecule has 2 aliphatic heterocycles. The lowest BCUT2D eigenvalue weighted by Crippen LogP contribution is -2.35. The van der Waals surface area contributed by atoms with Gasteiger partial charge in [-0.05, 0) is 49.9 Å². The number of rotatable bonds is 4. The zero-order valence-corrected chi connectivity index (χ0v) is 16.1. The number of hydrogen-bond acceptors (Lipinski definition) is 5. The van der Waals surface area contributed by atoms with E-state index >= 15 is 0 Å². The van der Waals surface area contributed by atoms with Crippen molar-refractivity contribution in [2.24, 2.45) is 0 Å². The van der Waals surface area contributed by atoms with Crippen LogP contribution in [0.2, 0.25) is 0 Å². The molecule has 0 amide bonds. The van der Waals surface area contributed by atoms with Crippen LogP contribution in [0, 0.1) is 0 Å². The Labute approximate surface area is 160 Å². The van der Waals surface area contributed by atoms with Crippen molar-refractivity contribution < 1.29 is 9.53 Å². The quantitative estimate of drug-likeness (QED) is 0.776. The Balaban J connectivity index is 1.46. The molecule has 1 fully saturated rings. The van der Waals surface area contributed by atoms with Gasteiger partial charge in [0, 0.05) is 32.0 Å². The van der Waals surface area contributed by atoms with Gasteiger partial charge in [-0.3, -0.25) is 4.90 Å². The number of ether oxygens (including phenoxy) is 1. The molecule has 0 bridgehead atoms. The Hall–Kier alpha value is -2.21. The molecular formula is C21H28N4O2. The first-order valence-corrected chi connectivity index (χ1v) is 10.1. The van der Waals surface area contributed by atoms with E-state index in [9.17, 15) is 4.79 Å². The summed E-state index contributed by atoms with van der Waals surface area (Å²) < 4.78 is 7.23. The number of methoxy groups -OCH3 is 1. The molecule has 6 nitrogen and oxygen atoms in total. The summed E-state index contributed by atoms with van der Waals surface area (Å²) in [6.07, 6.45) is 7.15. The monoisotopic (exact) mass is 368 g/mol. The van der Waals surface area contributed by atoms with Gasteiger partial charge in [0.1, 0.15) is 11.6 Å². The van der Waals surface area contributed by atoms with Crippen LogP contribution in [0.25, 0.3) is 0 Å². The molecule has 144 valence electrons. The first-order chi connectivity index (χ1) is 13.2. The number of esters is 1. The summed E-state index contributed by atoms with van der Waals surface area (Å²) in [6, 6.07) is 7.76. The van der Waals surface area contributed by atoms with Crippen LogP contribution < -0.4 is 0 Å². The third-order valence-corrected chi connectivity index (χ3v) is 5.76. The predicted molar refractivity (Wildman–Crippen MR) is 103 cm³/mol. The van der Waals surface area contributed by atoms with Crippen molar-refractivity contribution in [2.75, 3.05) is 20.2 Å². The van der Waals surface area contributed by atoms with Gasteiger partial charge in [0.15, 0.2) is 0 Å². The van der Waals surface area contributed by atoms with Gasteiger partial charge in [-0.1, -0.05) is 18.6 Å². The molecular weight excluding hydrogens is 340 g/mol. The summed E-state index contributed by atoms with van der Waals surface area (Å²) in [5, 5.41) is 9.06. The molecule has 1 aromatic carbocycles. The minimum absolute atomic E-state index is 0.278. The Morgan fingerprint density at radius 2 is 2.11 bits per heavy atom. The molecule has 6 heteroatoms. The van der Waals surface area contributed by atoms with Crippen LogP contribution in [0.3, 0.4) is 0 Å². The summed E-state index contributed by atoms with van der Waals surface area (Å²) >= 11 is 0. The van der Waals surface area contributed by atoms with E-state index in [-0.39, 0.29) is 5.97 Å². The highest BCUT2D eigenvalue weighted by atomic mass is 16.5. The number of nitrogens with zero attached hydrogens (tertiary/aromatic N) is 4. The van der Waals surface area contributed by atoms with Crippen molar-refractivity contribution in [2.45, 2.75) is 57.5 Å². The SMILES string of the molecule is COC(=O)c1cccc(CN2CCCC(c3nnc4n3CCCCC4)C2)c1. The van der Waals surface area contributed by atoms with Gasteiger partial charge < -0.3 is 9.30 Å². The molecule has 2 aliphatic rings. The average Bonchev–Trinajstić information content (AvgIpc) is 2.96. The number of fused-ring (bicyclic) bond motifs is 1. The zero-order valence-electron chi connectivity index (χ0n) is 16.1. The van der Waals surface area contributed by atoms with Crippen molar-refractivity contribution >= 4 is 5.97 Å². The molecule has 2 aromatic rings. The molecule has 1 unspecified atom stereocenters. The third kappa shape index (κ3) is 4.05. The summed E-state index contributed by atoms with van der Waals surface area (Å²) in [6.45, 7) is 4.00. The lowest BCUT2D eigenvalue weighted by atomic mass is 9.96. The molecule has 3 heterocycles. The number of piperidine rings is 1.